The Morgan fingerprint density at radius 2 is 2.05 bits per heavy atom. The summed E-state index contributed by atoms with van der Waals surface area (Å²) in [6.07, 6.45) is 6.51. The molecule has 2 saturated carbocycles. The summed E-state index contributed by atoms with van der Waals surface area (Å²) in [7, 11) is -3.66. The van der Waals surface area contributed by atoms with Crippen LogP contribution in [0.3, 0.4) is 0 Å². The van der Waals surface area contributed by atoms with Gasteiger partial charge in [0.25, 0.3) is 0 Å². The number of sulfonamides is 1. The Kier molecular flexibility index (Phi) is 3.57. The van der Waals surface area contributed by atoms with Gasteiger partial charge in [-0.2, -0.15) is 0 Å². The van der Waals surface area contributed by atoms with E-state index in [9.17, 15) is 18.3 Å². The second kappa shape index (κ2) is 5.14. The summed E-state index contributed by atoms with van der Waals surface area (Å²) >= 11 is 0. The third kappa shape index (κ3) is 2.85. The van der Waals surface area contributed by atoms with Crippen molar-refractivity contribution in [1.82, 2.24) is 9.29 Å². The number of hydrogen-bond acceptors (Lipinski definition) is 3. The smallest absolute Gasteiger partial charge is 0.352 e. The second-order valence-corrected chi connectivity index (χ2v) is 7.82. The Hall–Kier alpha value is -1.34. The average Bonchev–Trinajstić information content (AvgIpc) is 3.03. The Morgan fingerprint density at radius 3 is 2.52 bits per heavy atom. The molecule has 2 N–H and O–H groups in total. The van der Waals surface area contributed by atoms with Crippen molar-refractivity contribution >= 4 is 16.0 Å². The summed E-state index contributed by atoms with van der Waals surface area (Å²) in [6, 6.07) is 1.28. The molecule has 0 spiro atoms. The van der Waals surface area contributed by atoms with Gasteiger partial charge < -0.3 is 9.67 Å². The van der Waals surface area contributed by atoms with Gasteiger partial charge >= 0.3 is 5.97 Å². The van der Waals surface area contributed by atoms with Gasteiger partial charge in [0.1, 0.15) is 10.6 Å². The highest BCUT2D eigenvalue weighted by Gasteiger charge is 2.32. The van der Waals surface area contributed by atoms with Crippen molar-refractivity contribution in [2.75, 3.05) is 0 Å². The molecule has 21 heavy (non-hydrogen) atoms. The van der Waals surface area contributed by atoms with E-state index in [2.05, 4.69) is 4.72 Å². The van der Waals surface area contributed by atoms with E-state index in [4.69, 9.17) is 0 Å². The molecule has 0 radical (unpaired) electrons. The molecule has 1 unspecified atom stereocenters. The van der Waals surface area contributed by atoms with Crippen molar-refractivity contribution < 1.29 is 18.3 Å². The third-order valence-corrected chi connectivity index (χ3v) is 6.02. The zero-order valence-electron chi connectivity index (χ0n) is 11.9. The van der Waals surface area contributed by atoms with Crippen LogP contribution in [0.2, 0.25) is 0 Å². The molecule has 2 aliphatic rings. The molecule has 0 bridgehead atoms. The van der Waals surface area contributed by atoms with Crippen LogP contribution in [0.15, 0.2) is 17.2 Å². The molecule has 1 aromatic rings. The van der Waals surface area contributed by atoms with E-state index >= 15 is 0 Å². The van der Waals surface area contributed by atoms with E-state index in [1.165, 1.54) is 12.3 Å². The van der Waals surface area contributed by atoms with Crippen molar-refractivity contribution in [2.45, 2.75) is 56.0 Å². The van der Waals surface area contributed by atoms with E-state index in [0.717, 1.165) is 32.1 Å². The standard InChI is InChI=1S/C14H20N2O4S/c1-9(10-3-2-4-10)15-21(19,20)12-7-13(14(17)18)16(8-12)11-5-6-11/h7-11,15H,2-6H2,1H3,(H,17,18). The van der Waals surface area contributed by atoms with Crippen LogP contribution < -0.4 is 4.72 Å². The quantitative estimate of drug-likeness (QED) is 0.840. The monoisotopic (exact) mass is 312 g/mol. The van der Waals surface area contributed by atoms with Gasteiger partial charge in [-0.1, -0.05) is 6.42 Å². The minimum atomic E-state index is -3.66. The van der Waals surface area contributed by atoms with Gasteiger partial charge in [0.05, 0.1) is 0 Å². The van der Waals surface area contributed by atoms with Gasteiger partial charge in [-0.3, -0.25) is 0 Å². The topological polar surface area (TPSA) is 88.4 Å². The summed E-state index contributed by atoms with van der Waals surface area (Å²) < 4.78 is 29.1. The first-order valence-corrected chi connectivity index (χ1v) is 8.84. The number of nitrogens with one attached hydrogen (secondary N) is 1. The van der Waals surface area contributed by atoms with Gasteiger partial charge in [-0.15, -0.1) is 0 Å². The predicted octanol–water partition coefficient (Wildman–Crippen LogP) is 1.99. The Labute approximate surface area is 124 Å². The normalized spacial score (nSPS) is 21.0. The van der Waals surface area contributed by atoms with Crippen molar-refractivity contribution in [3.63, 3.8) is 0 Å². The first kappa shape index (κ1) is 14.6. The summed E-state index contributed by atoms with van der Waals surface area (Å²) in [4.78, 5) is 11.3. The number of hydrogen-bond donors (Lipinski definition) is 2. The molecular weight excluding hydrogens is 292 g/mol. The molecule has 6 nitrogen and oxygen atoms in total. The molecule has 0 amide bonds. The highest BCUT2D eigenvalue weighted by molar-refractivity contribution is 7.89. The van der Waals surface area contributed by atoms with Gasteiger partial charge in [0, 0.05) is 18.3 Å². The molecule has 7 heteroatoms. The van der Waals surface area contributed by atoms with Crippen molar-refractivity contribution in [3.05, 3.63) is 18.0 Å². The fourth-order valence-corrected chi connectivity index (χ4v) is 4.11. The maximum atomic E-state index is 12.4. The van der Waals surface area contributed by atoms with E-state index in [-0.39, 0.29) is 22.7 Å². The number of aromatic nitrogens is 1. The predicted molar refractivity (Wildman–Crippen MR) is 76.8 cm³/mol. The van der Waals surface area contributed by atoms with E-state index in [0.29, 0.717) is 5.92 Å². The Balaban J connectivity index is 1.84. The lowest BCUT2D eigenvalue weighted by Crippen LogP contribution is -2.40. The van der Waals surface area contributed by atoms with Crippen LogP contribution in [0, 0.1) is 5.92 Å². The van der Waals surface area contributed by atoms with Crippen molar-refractivity contribution in [3.8, 4) is 0 Å². The molecule has 3 rings (SSSR count). The zero-order valence-corrected chi connectivity index (χ0v) is 12.8. The van der Waals surface area contributed by atoms with Gasteiger partial charge in [0.2, 0.25) is 10.0 Å². The summed E-state index contributed by atoms with van der Waals surface area (Å²) in [5.74, 6) is -0.695. The largest absolute Gasteiger partial charge is 0.477 e. The minimum Gasteiger partial charge on any atom is -0.477 e. The lowest BCUT2D eigenvalue weighted by molar-refractivity contribution is 0.0685. The maximum absolute atomic E-state index is 12.4. The fraction of sp³-hybridized carbons (Fsp3) is 0.643. The zero-order chi connectivity index (χ0) is 15.2. The molecule has 1 aromatic heterocycles. The molecule has 2 fully saturated rings. The van der Waals surface area contributed by atoms with Gasteiger partial charge in [-0.05, 0) is 44.6 Å². The molecule has 2 aliphatic carbocycles. The summed E-state index contributed by atoms with van der Waals surface area (Å²) in [6.45, 7) is 1.87. The van der Waals surface area contributed by atoms with Crippen molar-refractivity contribution in [1.29, 1.82) is 0 Å². The summed E-state index contributed by atoms with van der Waals surface area (Å²) in [5, 5.41) is 9.20. The number of carboxylic acids is 1. The van der Waals surface area contributed by atoms with Crippen LogP contribution in [0.25, 0.3) is 0 Å². The minimum absolute atomic E-state index is 0.0502. The maximum Gasteiger partial charge on any atom is 0.352 e. The third-order valence-electron chi connectivity index (χ3n) is 4.49. The van der Waals surface area contributed by atoms with Crippen LogP contribution in [-0.4, -0.2) is 30.1 Å². The van der Waals surface area contributed by atoms with Gasteiger partial charge in [0.15, 0.2) is 0 Å². The van der Waals surface area contributed by atoms with Crippen molar-refractivity contribution in [2.24, 2.45) is 5.92 Å². The second-order valence-electron chi connectivity index (χ2n) is 6.11. The molecule has 0 saturated heterocycles. The van der Waals surface area contributed by atoms with Crippen LogP contribution in [0.4, 0.5) is 0 Å². The van der Waals surface area contributed by atoms with Crippen LogP contribution in [0.5, 0.6) is 0 Å². The number of nitrogens with zero attached hydrogens (tertiary/aromatic N) is 1. The van der Waals surface area contributed by atoms with Gasteiger partial charge in [-0.25, -0.2) is 17.9 Å². The lowest BCUT2D eigenvalue weighted by atomic mass is 9.81. The first-order valence-electron chi connectivity index (χ1n) is 7.36. The molecule has 116 valence electrons. The van der Waals surface area contributed by atoms with E-state index in [1.54, 1.807) is 4.57 Å². The highest BCUT2D eigenvalue weighted by atomic mass is 32.2. The molecule has 1 heterocycles. The Morgan fingerprint density at radius 1 is 1.38 bits per heavy atom. The van der Waals surface area contributed by atoms with E-state index in [1.807, 2.05) is 6.92 Å². The van der Waals surface area contributed by atoms with Crippen LogP contribution in [-0.2, 0) is 10.0 Å². The number of aromatic carboxylic acids is 1. The number of carbonyl (C=O) groups is 1. The number of rotatable bonds is 6. The number of carboxylic acid groups (broad SMARTS) is 1. The molecule has 1 atom stereocenters. The van der Waals surface area contributed by atoms with Crippen LogP contribution in [0.1, 0.15) is 55.6 Å². The first-order chi connectivity index (χ1) is 9.88. The lowest BCUT2D eigenvalue weighted by Gasteiger charge is -2.31. The van der Waals surface area contributed by atoms with E-state index < -0.39 is 16.0 Å². The fourth-order valence-electron chi connectivity index (χ4n) is 2.78. The average molecular weight is 312 g/mol. The molecule has 0 aromatic carbocycles. The molecule has 0 aliphatic heterocycles. The Bertz CT molecular complexity index is 657. The SMILES string of the molecule is CC(NS(=O)(=O)c1cc(C(=O)O)n(C2CC2)c1)C1CCC1. The highest BCUT2D eigenvalue weighted by Crippen LogP contribution is 2.37. The van der Waals surface area contributed by atoms with Crippen LogP contribution >= 0.6 is 0 Å². The molecular formula is C14H20N2O4S. The summed E-state index contributed by atoms with van der Waals surface area (Å²) in [5.41, 5.74) is 0.0502.